The molecular formula is C70H107N16O8+. The van der Waals surface area contributed by atoms with Crippen molar-refractivity contribution in [2.45, 2.75) is 137 Å². The van der Waals surface area contributed by atoms with Crippen LogP contribution in [-0.2, 0) is 23.1 Å². The Morgan fingerprint density at radius 3 is 1.27 bits per heavy atom. The number of methoxy groups -OCH3 is 1. The summed E-state index contributed by atoms with van der Waals surface area (Å²) < 4.78 is 9.65. The number of para-hydroxylation sites is 4. The van der Waals surface area contributed by atoms with Gasteiger partial charge in [-0.3, -0.25) is 43.0 Å². The molecule has 7 aliphatic rings. The Morgan fingerprint density at radius 2 is 0.809 bits per heavy atom. The number of hydrazone groups is 2. The number of amidine groups is 3. The first-order valence-electron chi connectivity index (χ1n) is 32.8. The van der Waals surface area contributed by atoms with Gasteiger partial charge in [0.1, 0.15) is 18.9 Å². The summed E-state index contributed by atoms with van der Waals surface area (Å²) in [6.45, 7) is 38.4. The molecule has 1 unspecified atom stereocenters. The van der Waals surface area contributed by atoms with Crippen LogP contribution in [-0.4, -0.2) is 190 Å². The number of hydrogen-bond donors (Lipinski definition) is 0. The summed E-state index contributed by atoms with van der Waals surface area (Å²) in [7, 11) is 13.6. The zero-order valence-electron chi connectivity index (χ0n) is 61.0. The molecule has 7 aliphatic heterocycles. The molecule has 0 N–H and O–H groups in total. The third-order valence-electron chi connectivity index (χ3n) is 13.9. The number of hydrogen-bond acceptors (Lipinski definition) is 16. The topological polar surface area (TPSA) is 230 Å². The summed E-state index contributed by atoms with van der Waals surface area (Å²) in [6.07, 6.45) is -0.331. The number of aromatic nitrogens is 3. The van der Waals surface area contributed by atoms with Gasteiger partial charge in [-0.05, 0) is 55.5 Å². The highest BCUT2D eigenvalue weighted by molar-refractivity contribution is 6.16. The molecular weight excluding hydrogens is 1190 g/mol. The van der Waals surface area contributed by atoms with Crippen LogP contribution in [0.2, 0.25) is 0 Å². The molecule has 0 aliphatic carbocycles. The zero-order valence-corrected chi connectivity index (χ0v) is 61.0. The van der Waals surface area contributed by atoms with Gasteiger partial charge in [0.05, 0.1) is 76.9 Å². The van der Waals surface area contributed by atoms with E-state index in [0.29, 0.717) is 59.5 Å². The van der Waals surface area contributed by atoms with Gasteiger partial charge in [0, 0.05) is 61.4 Å². The molecule has 0 radical (unpaired) electrons. The standard InChI is InChI=1S/C14H16N4O2.C14H17N4O.C13H12N4O3.C13H14N4O2.8C2H6/c1-9-14(20-3)18-11-7-5-4-6-10(11)13(19)17(2)8-12(18)16-15-9;1-10-8-18-12-7-5-4-6-11(12)14(19)16(2)9-13(18)15-17(10)3;1-15-7-10-14-16(2)12(19)13(20)17(10)9-6-4-3-5-8(9)11(15)18;1-15-7-11-14-16(2)12(18)8-17(11)10-6-4-3-5-9(10)13(15)19;8*1-2/h4-7,14H,8H2,1-3H3;4-7H,8-9H2,1-3H3;3-6H,7H2,1-2H3;3-6H,7-8H2,1-2H3;8*1-2H3/q;+1;;;;;;;;;;. The SMILES string of the molecule is CC.CC.CC.CC.CC.CC.CC.CC.CC1=[N+](C)N=C2CN(C)C(=O)c3ccccc3N2C1.CN1CC2=NN(C)C(=O)CN2c2ccccc2C1=O.CN1Cc2nn(C)c(=O)c(=O)n2-c2ccccc2C1=O.COC1C(C)=NN=C2CN(C)C(=O)c3ccccc3N21. The summed E-state index contributed by atoms with van der Waals surface area (Å²) in [6, 6.07) is 29.2. The van der Waals surface area contributed by atoms with Crippen LogP contribution in [0.4, 0.5) is 17.1 Å². The van der Waals surface area contributed by atoms with Gasteiger partial charge >= 0.3 is 11.1 Å². The number of ether oxygens (including phenoxy) is 1. The lowest BCUT2D eigenvalue weighted by atomic mass is 10.1. The number of nitrogens with zero attached hydrogens (tertiary/aromatic N) is 16. The van der Waals surface area contributed by atoms with Crippen LogP contribution in [0, 0.1) is 0 Å². The number of carbonyl (C=O) groups is 5. The molecule has 0 bridgehead atoms. The Bertz CT molecular complexity index is 3610. The molecule has 8 heterocycles. The molecule has 0 saturated heterocycles. The molecule has 24 heteroatoms. The summed E-state index contributed by atoms with van der Waals surface area (Å²) in [5.41, 5.74) is 5.78. The fourth-order valence-corrected chi connectivity index (χ4v) is 9.65. The van der Waals surface area contributed by atoms with E-state index in [0.717, 1.165) is 51.1 Å². The average Bonchev–Trinajstić information content (AvgIpc) is 1.55. The van der Waals surface area contributed by atoms with Crippen molar-refractivity contribution in [1.29, 1.82) is 0 Å². The van der Waals surface area contributed by atoms with E-state index in [2.05, 4.69) is 37.3 Å². The third-order valence-corrected chi connectivity index (χ3v) is 13.9. The Balaban J connectivity index is 0.000000584. The van der Waals surface area contributed by atoms with Crippen LogP contribution >= 0.6 is 0 Å². The van der Waals surface area contributed by atoms with Gasteiger partial charge in [-0.15, -0.1) is 5.10 Å². The minimum atomic E-state index is -0.722. The predicted octanol–water partition coefficient (Wildman–Crippen LogP) is 10.4. The molecule has 24 nitrogen and oxygen atoms in total. The van der Waals surface area contributed by atoms with Crippen molar-refractivity contribution in [3.05, 3.63) is 146 Å². The molecule has 0 spiro atoms. The highest BCUT2D eigenvalue weighted by Crippen LogP contribution is 2.31. The summed E-state index contributed by atoms with van der Waals surface area (Å²) >= 11 is 0. The molecule has 4 aromatic carbocycles. The number of carbonyl (C=O) groups excluding carboxylic acids is 5. The normalized spacial score (nSPS) is 15.7. The molecule has 12 rings (SSSR count). The van der Waals surface area contributed by atoms with Crippen LogP contribution < -0.4 is 25.8 Å². The highest BCUT2D eigenvalue weighted by atomic mass is 16.5. The first kappa shape index (κ1) is 82.6. The van der Waals surface area contributed by atoms with Crippen molar-refractivity contribution in [2.24, 2.45) is 27.5 Å². The maximum Gasteiger partial charge on any atom is 0.332 e. The quantitative estimate of drug-likeness (QED) is 0.113. The van der Waals surface area contributed by atoms with Gasteiger partial charge in [-0.1, -0.05) is 164 Å². The second-order valence-corrected chi connectivity index (χ2v) is 19.3. The molecule has 5 amide bonds. The van der Waals surface area contributed by atoms with Crippen molar-refractivity contribution in [1.82, 2.24) is 39.0 Å². The van der Waals surface area contributed by atoms with Gasteiger partial charge in [0.2, 0.25) is 5.71 Å². The van der Waals surface area contributed by atoms with Crippen molar-refractivity contribution >= 4 is 75.5 Å². The van der Waals surface area contributed by atoms with Gasteiger partial charge < -0.3 is 34.1 Å². The molecule has 5 aromatic rings. The molecule has 1 aromatic heterocycles. The number of benzene rings is 4. The van der Waals surface area contributed by atoms with E-state index in [9.17, 15) is 33.6 Å². The summed E-state index contributed by atoms with van der Waals surface area (Å²) in [5, 5.41) is 22.6. The summed E-state index contributed by atoms with van der Waals surface area (Å²) in [4.78, 5) is 97.5. The van der Waals surface area contributed by atoms with Gasteiger partial charge in [-0.2, -0.15) is 15.3 Å². The fourth-order valence-electron chi connectivity index (χ4n) is 9.65. The Hall–Kier alpha value is -9.45. The lowest BCUT2D eigenvalue weighted by Crippen LogP contribution is -2.50. The number of amides is 5. The van der Waals surface area contributed by atoms with E-state index in [4.69, 9.17) is 4.74 Å². The molecule has 1 atom stereocenters. The predicted molar refractivity (Wildman–Crippen MR) is 385 cm³/mol. The number of fused-ring (bicyclic) bond motifs is 12. The maximum absolute atomic E-state index is 12.4. The fraction of sp³-hybridized carbons (Fsp3) is 0.471. The first-order valence-corrected chi connectivity index (χ1v) is 32.8. The Labute approximate surface area is 558 Å². The average molecular weight is 1300 g/mol. The molecule has 0 fully saturated rings. The molecule has 0 saturated carbocycles. The second-order valence-electron chi connectivity index (χ2n) is 19.3. The van der Waals surface area contributed by atoms with Crippen molar-refractivity contribution in [3.63, 3.8) is 0 Å². The van der Waals surface area contributed by atoms with Crippen molar-refractivity contribution in [3.8, 4) is 5.69 Å². The van der Waals surface area contributed by atoms with E-state index in [1.54, 1.807) is 80.3 Å². The third kappa shape index (κ3) is 19.1. The molecule has 94 heavy (non-hydrogen) atoms. The van der Waals surface area contributed by atoms with Crippen LogP contribution in [0.5, 0.6) is 0 Å². The van der Waals surface area contributed by atoms with Gasteiger partial charge in [-0.25, -0.2) is 9.69 Å². The van der Waals surface area contributed by atoms with E-state index >= 15 is 0 Å². The van der Waals surface area contributed by atoms with Crippen LogP contribution in [0.1, 0.15) is 172 Å². The van der Waals surface area contributed by atoms with E-state index in [-0.39, 0.29) is 48.9 Å². The van der Waals surface area contributed by atoms with E-state index < -0.39 is 11.1 Å². The summed E-state index contributed by atoms with van der Waals surface area (Å²) in [5.74, 6) is 2.37. The van der Waals surface area contributed by atoms with Crippen molar-refractivity contribution < 1.29 is 33.4 Å². The van der Waals surface area contributed by atoms with E-state index in [1.807, 2.05) is 213 Å². The van der Waals surface area contributed by atoms with E-state index in [1.165, 1.54) is 21.5 Å². The lowest BCUT2D eigenvalue weighted by Gasteiger charge is -2.34. The minimum absolute atomic E-state index is 0.0230. The number of rotatable bonds is 1. The largest absolute Gasteiger partial charge is 0.355 e. The Kier molecular flexibility index (Phi) is 36.2. The van der Waals surface area contributed by atoms with Crippen LogP contribution in [0.15, 0.2) is 127 Å². The maximum atomic E-state index is 12.4. The lowest BCUT2D eigenvalue weighted by molar-refractivity contribution is -0.505. The Morgan fingerprint density at radius 1 is 0.436 bits per heavy atom. The smallest absolute Gasteiger partial charge is 0.332 e. The van der Waals surface area contributed by atoms with Gasteiger partial charge in [0.15, 0.2) is 30.8 Å². The number of anilines is 3. The molecule has 514 valence electrons. The zero-order chi connectivity index (χ0) is 71.9. The second kappa shape index (κ2) is 41.2. The number of likely N-dealkylation sites (N-methyl/N-ethyl adjacent to an activating group) is 4. The van der Waals surface area contributed by atoms with Crippen LogP contribution in [0.25, 0.3) is 5.69 Å². The van der Waals surface area contributed by atoms with Gasteiger partial charge in [0.25, 0.3) is 29.5 Å². The van der Waals surface area contributed by atoms with Crippen LogP contribution in [0.3, 0.4) is 0 Å². The highest BCUT2D eigenvalue weighted by Gasteiger charge is 2.38. The van der Waals surface area contributed by atoms with Crippen molar-refractivity contribution in [2.75, 3.05) is 96.8 Å². The monoisotopic (exact) mass is 1300 g/mol. The first-order chi connectivity index (χ1) is 45.3. The minimum Gasteiger partial charge on any atom is -0.355 e. The number of aryl methyl sites for hydroxylation is 1.